The molecule has 0 fully saturated rings. The number of fused-ring (bicyclic) bond motifs is 2. The highest BCUT2D eigenvalue weighted by Crippen LogP contribution is 2.49. The molecule has 0 amide bonds. The summed E-state index contributed by atoms with van der Waals surface area (Å²) in [6, 6.07) is 9.04. The van der Waals surface area contributed by atoms with Crippen molar-refractivity contribution in [2.75, 3.05) is 13.1 Å². The summed E-state index contributed by atoms with van der Waals surface area (Å²) in [5, 5.41) is 10.7. The van der Waals surface area contributed by atoms with E-state index >= 15 is 0 Å². The molecule has 23 heavy (non-hydrogen) atoms. The lowest BCUT2D eigenvalue weighted by molar-refractivity contribution is 0.206. The molecule has 2 heteroatoms. The molecule has 1 N–H and O–H groups in total. The Balaban J connectivity index is 2.00. The first-order valence-corrected chi connectivity index (χ1v) is 8.23. The summed E-state index contributed by atoms with van der Waals surface area (Å²) in [7, 11) is 0. The number of terminal acetylenes is 1. The van der Waals surface area contributed by atoms with Gasteiger partial charge in [0.1, 0.15) is 5.75 Å². The molecular formula is C21H21NO. The minimum Gasteiger partial charge on any atom is -0.507 e. The number of phenols is 1. The number of nitrogens with zero attached hydrogens (tertiary/aromatic N) is 1. The predicted octanol–water partition coefficient (Wildman–Crippen LogP) is 3.76. The van der Waals surface area contributed by atoms with Crippen molar-refractivity contribution in [1.29, 1.82) is 0 Å². The van der Waals surface area contributed by atoms with Gasteiger partial charge in [-0.2, -0.15) is 0 Å². The molecule has 2 aromatic rings. The molecule has 0 saturated heterocycles. The van der Waals surface area contributed by atoms with E-state index < -0.39 is 0 Å². The maximum absolute atomic E-state index is 10.7. The van der Waals surface area contributed by atoms with Crippen LogP contribution in [0.15, 0.2) is 24.3 Å². The van der Waals surface area contributed by atoms with E-state index in [4.69, 9.17) is 6.42 Å². The predicted molar refractivity (Wildman–Crippen MR) is 93.6 cm³/mol. The van der Waals surface area contributed by atoms with Crippen molar-refractivity contribution in [2.24, 2.45) is 0 Å². The van der Waals surface area contributed by atoms with E-state index in [1.165, 1.54) is 27.8 Å². The van der Waals surface area contributed by atoms with Gasteiger partial charge in [0.25, 0.3) is 0 Å². The van der Waals surface area contributed by atoms with Crippen LogP contribution in [0.2, 0.25) is 0 Å². The zero-order chi connectivity index (χ0) is 16.1. The molecule has 2 aliphatic rings. The van der Waals surface area contributed by atoms with Crippen LogP contribution in [0, 0.1) is 26.2 Å². The fourth-order valence-corrected chi connectivity index (χ4v) is 4.24. The third-order valence-electron chi connectivity index (χ3n) is 5.30. The van der Waals surface area contributed by atoms with E-state index in [2.05, 4.69) is 35.9 Å². The van der Waals surface area contributed by atoms with Gasteiger partial charge >= 0.3 is 0 Å². The summed E-state index contributed by atoms with van der Waals surface area (Å²) >= 11 is 0. The van der Waals surface area contributed by atoms with Crippen LogP contribution in [0.4, 0.5) is 0 Å². The zero-order valence-electron chi connectivity index (χ0n) is 13.7. The van der Waals surface area contributed by atoms with Crippen LogP contribution in [0.5, 0.6) is 5.75 Å². The van der Waals surface area contributed by atoms with Gasteiger partial charge in [-0.1, -0.05) is 35.7 Å². The van der Waals surface area contributed by atoms with Crippen molar-refractivity contribution in [3.05, 3.63) is 52.1 Å². The molecule has 0 bridgehead atoms. The summed E-state index contributed by atoms with van der Waals surface area (Å²) in [6.45, 7) is 5.80. The average Bonchev–Trinajstić information content (AvgIpc) is 2.53. The van der Waals surface area contributed by atoms with Crippen molar-refractivity contribution in [1.82, 2.24) is 4.90 Å². The van der Waals surface area contributed by atoms with Crippen LogP contribution in [0.25, 0.3) is 11.1 Å². The Kier molecular flexibility index (Phi) is 3.21. The number of benzene rings is 2. The molecule has 2 nitrogen and oxygen atoms in total. The Morgan fingerprint density at radius 1 is 1.26 bits per heavy atom. The van der Waals surface area contributed by atoms with Gasteiger partial charge in [0.2, 0.25) is 0 Å². The van der Waals surface area contributed by atoms with Gasteiger partial charge in [-0.25, -0.2) is 0 Å². The molecule has 2 aromatic carbocycles. The molecule has 116 valence electrons. The molecule has 0 saturated carbocycles. The first-order chi connectivity index (χ1) is 11.1. The molecule has 0 spiro atoms. The maximum atomic E-state index is 10.7. The van der Waals surface area contributed by atoms with Crippen molar-refractivity contribution in [2.45, 2.75) is 32.7 Å². The lowest BCUT2D eigenvalue weighted by Crippen LogP contribution is -2.38. The van der Waals surface area contributed by atoms with Crippen LogP contribution < -0.4 is 0 Å². The molecule has 1 aliphatic heterocycles. The van der Waals surface area contributed by atoms with Gasteiger partial charge in [-0.05, 0) is 54.5 Å². The van der Waals surface area contributed by atoms with Crippen LogP contribution in [-0.2, 0) is 12.8 Å². The molecule has 1 aliphatic carbocycles. The number of rotatable bonds is 1. The molecule has 1 heterocycles. The maximum Gasteiger partial charge on any atom is 0.126 e. The van der Waals surface area contributed by atoms with Crippen LogP contribution in [-0.4, -0.2) is 23.1 Å². The Morgan fingerprint density at radius 2 is 2.09 bits per heavy atom. The van der Waals surface area contributed by atoms with Gasteiger partial charge in [0, 0.05) is 18.2 Å². The molecule has 0 radical (unpaired) electrons. The highest BCUT2D eigenvalue weighted by molar-refractivity contribution is 5.81. The molecular weight excluding hydrogens is 282 g/mol. The lowest BCUT2D eigenvalue weighted by Gasteiger charge is -2.41. The van der Waals surface area contributed by atoms with E-state index in [1.54, 1.807) is 0 Å². The van der Waals surface area contributed by atoms with E-state index in [-0.39, 0.29) is 0 Å². The Bertz CT molecular complexity index is 844. The minimum atomic E-state index is 0.333. The largest absolute Gasteiger partial charge is 0.507 e. The summed E-state index contributed by atoms with van der Waals surface area (Å²) < 4.78 is 0. The smallest absolute Gasteiger partial charge is 0.126 e. The van der Waals surface area contributed by atoms with E-state index in [0.29, 0.717) is 18.3 Å². The summed E-state index contributed by atoms with van der Waals surface area (Å²) in [5.74, 6) is 3.24. The zero-order valence-corrected chi connectivity index (χ0v) is 13.7. The summed E-state index contributed by atoms with van der Waals surface area (Å²) in [4.78, 5) is 2.40. The molecule has 4 rings (SSSR count). The highest BCUT2D eigenvalue weighted by Gasteiger charge is 2.35. The van der Waals surface area contributed by atoms with Gasteiger partial charge < -0.3 is 5.11 Å². The third kappa shape index (κ3) is 2.08. The van der Waals surface area contributed by atoms with Crippen molar-refractivity contribution in [3.8, 4) is 29.2 Å². The SMILES string of the molecule is C#CCN1CCc2cc(C)cc3c2[C@H]1Cc1ccc(C)c(O)c1-3. The number of phenolic OH excluding ortho intramolecular Hbond substituents is 1. The van der Waals surface area contributed by atoms with Crippen LogP contribution >= 0.6 is 0 Å². The van der Waals surface area contributed by atoms with Crippen LogP contribution in [0.3, 0.4) is 0 Å². The van der Waals surface area contributed by atoms with E-state index in [9.17, 15) is 5.11 Å². The fourth-order valence-electron chi connectivity index (χ4n) is 4.24. The third-order valence-corrected chi connectivity index (χ3v) is 5.30. The topological polar surface area (TPSA) is 23.5 Å². The monoisotopic (exact) mass is 303 g/mol. The first-order valence-electron chi connectivity index (χ1n) is 8.23. The number of aromatic hydroxyl groups is 1. The minimum absolute atomic E-state index is 0.333. The second-order valence-corrected chi connectivity index (χ2v) is 6.79. The van der Waals surface area contributed by atoms with E-state index in [1.807, 2.05) is 13.0 Å². The van der Waals surface area contributed by atoms with E-state index in [0.717, 1.165) is 30.5 Å². The first kappa shape index (κ1) is 14.4. The second kappa shape index (κ2) is 5.15. The number of hydrogen-bond donors (Lipinski definition) is 1. The Hall–Kier alpha value is -2.24. The highest BCUT2D eigenvalue weighted by atomic mass is 16.3. The van der Waals surface area contributed by atoms with Crippen molar-refractivity contribution >= 4 is 0 Å². The summed E-state index contributed by atoms with van der Waals surface area (Å²) in [5.41, 5.74) is 8.46. The van der Waals surface area contributed by atoms with Crippen molar-refractivity contribution in [3.63, 3.8) is 0 Å². The van der Waals surface area contributed by atoms with Gasteiger partial charge in [0.05, 0.1) is 6.54 Å². The Morgan fingerprint density at radius 3 is 2.87 bits per heavy atom. The number of aryl methyl sites for hydroxylation is 2. The summed E-state index contributed by atoms with van der Waals surface area (Å²) in [6.07, 6.45) is 7.54. The standard InChI is InChI=1S/C21H21NO/c1-4-8-22-9-7-16-10-13(2)11-17-19(16)18(22)12-15-6-5-14(3)21(23)20(15)17/h1,5-6,10-11,18,23H,7-9,12H2,2-3H3/t18-/m1/s1. The normalized spacial score (nSPS) is 18.9. The molecule has 0 aromatic heterocycles. The quantitative estimate of drug-likeness (QED) is 0.811. The van der Waals surface area contributed by atoms with Gasteiger partial charge in [-0.15, -0.1) is 6.42 Å². The molecule has 1 atom stereocenters. The van der Waals surface area contributed by atoms with Crippen LogP contribution in [0.1, 0.15) is 33.9 Å². The second-order valence-electron chi connectivity index (χ2n) is 6.79. The van der Waals surface area contributed by atoms with Gasteiger partial charge in [-0.3, -0.25) is 4.90 Å². The average molecular weight is 303 g/mol. The van der Waals surface area contributed by atoms with Gasteiger partial charge in [0.15, 0.2) is 0 Å². The molecule has 0 unspecified atom stereocenters. The number of hydrogen-bond acceptors (Lipinski definition) is 2. The Labute approximate surface area is 137 Å². The van der Waals surface area contributed by atoms with Crippen molar-refractivity contribution < 1.29 is 5.11 Å². The fraction of sp³-hybridized carbons (Fsp3) is 0.333. The lowest BCUT2D eigenvalue weighted by atomic mass is 9.75.